The molecule has 0 amide bonds. The molecule has 1 heterocycles. The smallest absolute Gasteiger partial charge is 0.243 e. The minimum atomic E-state index is 0.0521. The van der Waals surface area contributed by atoms with Crippen molar-refractivity contribution in [3.05, 3.63) is 188 Å². The Labute approximate surface area is 375 Å². The van der Waals surface area contributed by atoms with Crippen LogP contribution in [0.4, 0.5) is 0 Å². The zero-order valence-corrected chi connectivity index (χ0v) is 39.1. The van der Waals surface area contributed by atoms with Crippen molar-refractivity contribution >= 4 is 78.5 Å². The van der Waals surface area contributed by atoms with Crippen molar-refractivity contribution in [3.63, 3.8) is 0 Å². The van der Waals surface area contributed by atoms with E-state index in [-0.39, 0.29) is 13.4 Å². The maximum Gasteiger partial charge on any atom is 0.243 e. The number of benzene rings is 9. The molecule has 0 spiro atoms. The average molecular weight is 815 g/mol. The summed E-state index contributed by atoms with van der Waals surface area (Å²) in [7, 11) is 0. The van der Waals surface area contributed by atoms with E-state index in [1.165, 1.54) is 137 Å². The first-order chi connectivity index (χ1) is 30.2. The Kier molecular flexibility index (Phi) is 9.83. The molecule has 308 valence electrons. The van der Waals surface area contributed by atoms with Crippen molar-refractivity contribution < 1.29 is 4.74 Å². The van der Waals surface area contributed by atoms with E-state index in [9.17, 15) is 0 Å². The molecular formula is C60H56B2O. The topological polar surface area (TPSA) is 9.23 Å². The molecule has 0 bridgehead atoms. The summed E-state index contributed by atoms with van der Waals surface area (Å²) in [6.07, 6.45) is 0. The number of hydrogen-bond acceptors (Lipinski definition) is 1. The minimum absolute atomic E-state index is 0.0521. The van der Waals surface area contributed by atoms with E-state index in [4.69, 9.17) is 4.74 Å². The van der Waals surface area contributed by atoms with Gasteiger partial charge in [0.15, 0.2) is 0 Å². The Balaban J connectivity index is 1.23. The van der Waals surface area contributed by atoms with Gasteiger partial charge >= 0.3 is 0 Å². The van der Waals surface area contributed by atoms with Crippen LogP contribution in [0.2, 0.25) is 0 Å². The molecule has 0 aliphatic carbocycles. The highest BCUT2D eigenvalue weighted by atomic mass is 16.5. The van der Waals surface area contributed by atoms with Gasteiger partial charge in [0, 0.05) is 10.9 Å². The monoisotopic (exact) mass is 814 g/mol. The predicted octanol–water partition coefficient (Wildman–Crippen LogP) is 11.7. The van der Waals surface area contributed by atoms with Gasteiger partial charge in [0.1, 0.15) is 11.5 Å². The van der Waals surface area contributed by atoms with Crippen LogP contribution in [-0.4, -0.2) is 13.4 Å². The first-order valence-electron chi connectivity index (χ1n) is 22.7. The van der Waals surface area contributed by atoms with Crippen LogP contribution in [0.5, 0.6) is 11.5 Å². The van der Waals surface area contributed by atoms with Gasteiger partial charge in [-0.2, -0.15) is 0 Å². The summed E-state index contributed by atoms with van der Waals surface area (Å²) in [5.41, 5.74) is 26.4. The fraction of sp³-hybridized carbons (Fsp3) is 0.200. The summed E-state index contributed by atoms with van der Waals surface area (Å²) >= 11 is 0. The number of hydrogen-bond donors (Lipinski definition) is 0. The Morgan fingerprint density at radius 2 is 0.746 bits per heavy atom. The van der Waals surface area contributed by atoms with Gasteiger partial charge in [-0.15, -0.1) is 0 Å². The molecule has 0 saturated carbocycles. The van der Waals surface area contributed by atoms with Crippen LogP contribution in [0, 0.1) is 83.1 Å². The molecule has 0 fully saturated rings. The van der Waals surface area contributed by atoms with Crippen molar-refractivity contribution in [2.24, 2.45) is 0 Å². The van der Waals surface area contributed by atoms with Crippen molar-refractivity contribution in [2.75, 3.05) is 0 Å². The molecule has 10 rings (SSSR count). The second-order valence-corrected chi connectivity index (χ2v) is 19.2. The van der Waals surface area contributed by atoms with E-state index in [1.54, 1.807) is 0 Å². The Bertz CT molecular complexity index is 3200. The Hall–Kier alpha value is -6.31. The fourth-order valence-electron chi connectivity index (χ4n) is 12.3. The molecule has 0 atom stereocenters. The molecule has 63 heavy (non-hydrogen) atoms. The summed E-state index contributed by atoms with van der Waals surface area (Å²) in [6, 6.07) is 46.7. The van der Waals surface area contributed by atoms with Gasteiger partial charge in [-0.1, -0.05) is 203 Å². The number of rotatable bonds is 6. The van der Waals surface area contributed by atoms with Crippen LogP contribution >= 0.6 is 0 Å². The lowest BCUT2D eigenvalue weighted by molar-refractivity contribution is 0.487. The van der Waals surface area contributed by atoms with Gasteiger partial charge in [0.2, 0.25) is 13.4 Å². The van der Waals surface area contributed by atoms with Gasteiger partial charge in [0.25, 0.3) is 0 Å². The van der Waals surface area contributed by atoms with E-state index in [1.807, 2.05) is 0 Å². The number of aryl methyl sites for hydroxylation is 12. The molecule has 1 aliphatic rings. The van der Waals surface area contributed by atoms with Crippen LogP contribution in [0.1, 0.15) is 66.8 Å². The fourth-order valence-corrected chi connectivity index (χ4v) is 12.3. The van der Waals surface area contributed by atoms with E-state index in [2.05, 4.69) is 204 Å². The molecule has 0 N–H and O–H groups in total. The van der Waals surface area contributed by atoms with Crippen molar-refractivity contribution in [3.8, 4) is 22.6 Å². The van der Waals surface area contributed by atoms with Crippen molar-refractivity contribution in [1.82, 2.24) is 0 Å². The summed E-state index contributed by atoms with van der Waals surface area (Å²) in [6.45, 7) is 27.3. The van der Waals surface area contributed by atoms with Crippen molar-refractivity contribution in [2.45, 2.75) is 83.1 Å². The summed E-state index contributed by atoms with van der Waals surface area (Å²) in [5, 5.41) is 7.52. The SMILES string of the molecule is Cc1cc(C)c(B(c2ccc3c(c2)Oc2cccc4c2c-3cc2c3ccccc3c(B(c3c(C)cc(C)cc3C)c3c(C)cc(C)cc3C)cc42)c2c(C)cc(C)cc2C)c(C)c1. The standard InChI is InChI=1S/C60H56B2O/c1-33-22-37(5)57(38(6)23-33)61(58-39(7)24-34(2)25-40(58)8)45-20-21-48-52-31-50-46-16-13-14-17-47(46)53(32-51(50)49-18-15-19-54(56(49)52)63-55(48)30-45)62(59-41(9)26-35(3)27-42(59)10)60-43(11)28-36(4)29-44(60)12/h13-32H,1-12H3. The maximum atomic E-state index is 7.11. The Morgan fingerprint density at radius 3 is 1.24 bits per heavy atom. The Morgan fingerprint density at radius 1 is 0.317 bits per heavy atom. The van der Waals surface area contributed by atoms with Crippen molar-refractivity contribution in [1.29, 1.82) is 0 Å². The van der Waals surface area contributed by atoms with E-state index in [0.29, 0.717) is 0 Å². The van der Waals surface area contributed by atoms with Crippen LogP contribution < -0.4 is 37.5 Å². The molecule has 0 saturated heterocycles. The molecule has 3 heteroatoms. The van der Waals surface area contributed by atoms with Gasteiger partial charge in [-0.05, 0) is 134 Å². The van der Waals surface area contributed by atoms with Crippen LogP contribution in [0.15, 0.2) is 121 Å². The van der Waals surface area contributed by atoms with E-state index >= 15 is 0 Å². The third kappa shape index (κ3) is 6.62. The molecule has 1 aliphatic heterocycles. The maximum absolute atomic E-state index is 7.11. The van der Waals surface area contributed by atoms with Gasteiger partial charge in [-0.25, -0.2) is 0 Å². The average Bonchev–Trinajstić information content (AvgIpc) is 3.21. The van der Waals surface area contributed by atoms with E-state index in [0.717, 1.165) is 17.1 Å². The zero-order chi connectivity index (χ0) is 44.2. The lowest BCUT2D eigenvalue weighted by Gasteiger charge is -2.28. The largest absolute Gasteiger partial charge is 0.456 e. The first kappa shape index (κ1) is 40.7. The van der Waals surface area contributed by atoms with Crippen LogP contribution in [-0.2, 0) is 0 Å². The number of fused-ring (bicyclic) bond motifs is 6. The molecule has 9 aromatic rings. The third-order valence-electron chi connectivity index (χ3n) is 14.3. The highest BCUT2D eigenvalue weighted by Crippen LogP contribution is 2.49. The normalized spacial score (nSPS) is 11.9. The van der Waals surface area contributed by atoms with Gasteiger partial charge < -0.3 is 4.74 Å². The van der Waals surface area contributed by atoms with Gasteiger partial charge in [0.05, 0.1) is 0 Å². The summed E-state index contributed by atoms with van der Waals surface area (Å²) in [4.78, 5) is 0. The molecule has 0 unspecified atom stereocenters. The molecule has 1 nitrogen and oxygen atoms in total. The number of ether oxygens (including phenoxy) is 1. The highest BCUT2D eigenvalue weighted by Gasteiger charge is 2.33. The van der Waals surface area contributed by atoms with Gasteiger partial charge in [-0.3, -0.25) is 0 Å². The molecule has 0 aromatic heterocycles. The lowest BCUT2D eigenvalue weighted by Crippen LogP contribution is -2.56. The molecule has 0 radical (unpaired) electrons. The highest BCUT2D eigenvalue weighted by molar-refractivity contribution is 6.98. The first-order valence-corrected chi connectivity index (χ1v) is 22.7. The zero-order valence-electron chi connectivity index (χ0n) is 39.1. The second kappa shape index (κ2) is 15.2. The predicted molar refractivity (Wildman–Crippen MR) is 276 cm³/mol. The minimum Gasteiger partial charge on any atom is -0.456 e. The van der Waals surface area contributed by atoms with E-state index < -0.39 is 0 Å². The summed E-state index contributed by atoms with van der Waals surface area (Å²) in [5.74, 6) is 1.83. The molecular weight excluding hydrogens is 758 g/mol. The lowest BCUT2D eigenvalue weighted by atomic mass is 9.33. The summed E-state index contributed by atoms with van der Waals surface area (Å²) < 4.78 is 7.11. The van der Waals surface area contributed by atoms with Crippen LogP contribution in [0.3, 0.4) is 0 Å². The van der Waals surface area contributed by atoms with Crippen LogP contribution in [0.25, 0.3) is 43.4 Å². The quantitative estimate of drug-likeness (QED) is 0.120. The molecule has 9 aromatic carbocycles. The second-order valence-electron chi connectivity index (χ2n) is 19.2. The third-order valence-corrected chi connectivity index (χ3v) is 14.3.